The van der Waals surface area contributed by atoms with Crippen LogP contribution in [0.5, 0.6) is 5.75 Å². The van der Waals surface area contributed by atoms with Gasteiger partial charge in [-0.25, -0.2) is 0 Å². The van der Waals surface area contributed by atoms with Gasteiger partial charge in [-0.3, -0.25) is 9.59 Å². The lowest BCUT2D eigenvalue weighted by molar-refractivity contribution is -0.139. The lowest BCUT2D eigenvalue weighted by Crippen LogP contribution is -2.31. The van der Waals surface area contributed by atoms with Gasteiger partial charge in [-0.1, -0.05) is 23.9 Å². The molecule has 0 bridgehead atoms. The Morgan fingerprint density at radius 2 is 2.17 bits per heavy atom. The molecule has 7 heteroatoms. The summed E-state index contributed by atoms with van der Waals surface area (Å²) in [6.45, 7) is 2.00. The quantitative estimate of drug-likeness (QED) is 0.800. The summed E-state index contributed by atoms with van der Waals surface area (Å²) >= 11 is 1.08. The number of phenols is 1. The second-order valence-corrected chi connectivity index (χ2v) is 5.83. The Labute approximate surface area is 138 Å². The number of thioether (sulfide) groups is 1. The Bertz CT molecular complexity index is 676. The van der Waals surface area contributed by atoms with Gasteiger partial charge in [0.15, 0.2) is 0 Å². The van der Waals surface area contributed by atoms with Crippen LogP contribution < -0.4 is 5.32 Å². The van der Waals surface area contributed by atoms with E-state index >= 15 is 0 Å². The molecular formula is C16H16N2O4S. The van der Waals surface area contributed by atoms with E-state index < -0.39 is 5.97 Å². The number of nitriles is 1. The number of nitrogens with zero attached hydrogens (tertiary/aromatic N) is 1. The summed E-state index contributed by atoms with van der Waals surface area (Å²) < 4.78 is 4.85. The van der Waals surface area contributed by atoms with E-state index in [0.29, 0.717) is 10.6 Å². The number of nitrogens with one attached hydrogen (secondary N) is 1. The molecule has 1 atom stereocenters. The van der Waals surface area contributed by atoms with Crippen LogP contribution in [0.25, 0.3) is 0 Å². The fourth-order valence-corrected chi connectivity index (χ4v) is 3.13. The van der Waals surface area contributed by atoms with E-state index in [0.717, 1.165) is 17.3 Å². The van der Waals surface area contributed by atoms with Crippen molar-refractivity contribution in [2.45, 2.75) is 19.3 Å². The maximum absolute atomic E-state index is 11.9. The fraction of sp³-hybridized carbons (Fsp3) is 0.312. The number of rotatable bonds is 5. The lowest BCUT2D eigenvalue weighted by atomic mass is 9.87. The van der Waals surface area contributed by atoms with Crippen molar-refractivity contribution in [1.29, 1.82) is 5.26 Å². The highest BCUT2D eigenvalue weighted by molar-refractivity contribution is 8.03. The molecule has 0 aromatic heterocycles. The van der Waals surface area contributed by atoms with E-state index in [1.54, 1.807) is 19.1 Å². The topological polar surface area (TPSA) is 99.4 Å². The molecule has 0 aliphatic carbocycles. The van der Waals surface area contributed by atoms with Crippen molar-refractivity contribution in [2.75, 3.05) is 12.4 Å². The molecule has 0 saturated heterocycles. The summed E-state index contributed by atoms with van der Waals surface area (Å²) in [5.41, 5.74) is 1.17. The third-order valence-corrected chi connectivity index (χ3v) is 4.28. The van der Waals surface area contributed by atoms with Crippen LogP contribution in [0.4, 0.5) is 0 Å². The van der Waals surface area contributed by atoms with Crippen molar-refractivity contribution < 1.29 is 19.4 Å². The SMILES string of the molecule is CCOC(=O)CSC1=C(C#N)C(c2ccc(O)cc2)CC(=O)N1. The maximum Gasteiger partial charge on any atom is 0.316 e. The number of esters is 1. The predicted molar refractivity (Wildman–Crippen MR) is 85.3 cm³/mol. The van der Waals surface area contributed by atoms with Crippen molar-refractivity contribution in [3.8, 4) is 11.8 Å². The second kappa shape index (κ2) is 7.70. The van der Waals surface area contributed by atoms with Crippen LogP contribution in [0.1, 0.15) is 24.8 Å². The van der Waals surface area contributed by atoms with Crippen LogP contribution in [0, 0.1) is 11.3 Å². The zero-order valence-corrected chi connectivity index (χ0v) is 13.4. The van der Waals surface area contributed by atoms with E-state index in [1.807, 2.05) is 0 Å². The lowest BCUT2D eigenvalue weighted by Gasteiger charge is -2.25. The minimum atomic E-state index is -0.400. The average Bonchev–Trinajstić information content (AvgIpc) is 2.53. The monoisotopic (exact) mass is 332 g/mol. The summed E-state index contributed by atoms with van der Waals surface area (Å²) in [6.07, 6.45) is 0.150. The summed E-state index contributed by atoms with van der Waals surface area (Å²) in [5, 5.41) is 21.9. The van der Waals surface area contributed by atoms with Crippen molar-refractivity contribution in [1.82, 2.24) is 5.32 Å². The largest absolute Gasteiger partial charge is 0.508 e. The normalized spacial score (nSPS) is 17.4. The first-order valence-corrected chi connectivity index (χ1v) is 8.05. The second-order valence-electron chi connectivity index (χ2n) is 4.84. The standard InChI is InChI=1S/C16H16N2O4S/c1-2-22-15(21)9-23-16-13(8-17)12(7-14(20)18-16)10-3-5-11(19)6-4-10/h3-6,12,19H,2,7,9H2,1H3,(H,18,20). The summed E-state index contributed by atoms with van der Waals surface area (Å²) in [6, 6.07) is 8.52. The highest BCUT2D eigenvalue weighted by atomic mass is 32.2. The molecule has 6 nitrogen and oxygen atoms in total. The molecule has 1 unspecified atom stereocenters. The number of ether oxygens (including phenoxy) is 1. The number of amides is 1. The van der Waals surface area contributed by atoms with Gasteiger partial charge in [0.05, 0.1) is 29.0 Å². The number of allylic oxidation sites excluding steroid dienone is 1. The van der Waals surface area contributed by atoms with Gasteiger partial charge >= 0.3 is 5.97 Å². The molecular weight excluding hydrogens is 316 g/mol. The van der Waals surface area contributed by atoms with Crippen molar-refractivity contribution >= 4 is 23.6 Å². The van der Waals surface area contributed by atoms with E-state index in [2.05, 4.69) is 11.4 Å². The molecule has 0 fully saturated rings. The van der Waals surface area contributed by atoms with Gasteiger partial charge in [0.1, 0.15) is 5.75 Å². The Morgan fingerprint density at radius 3 is 2.78 bits per heavy atom. The number of phenolic OH excluding ortho intramolecular Hbond substituents is 1. The molecule has 2 N–H and O–H groups in total. The smallest absolute Gasteiger partial charge is 0.316 e. The molecule has 0 radical (unpaired) electrons. The first-order valence-electron chi connectivity index (χ1n) is 7.06. The van der Waals surface area contributed by atoms with Crippen LogP contribution in [0.3, 0.4) is 0 Å². The molecule has 0 spiro atoms. The van der Waals surface area contributed by atoms with Crippen LogP contribution in [0.15, 0.2) is 34.9 Å². The summed E-state index contributed by atoms with van der Waals surface area (Å²) in [5.74, 6) is -0.860. The Hall–Kier alpha value is -2.46. The van der Waals surface area contributed by atoms with Gasteiger partial charge in [0, 0.05) is 12.3 Å². The zero-order valence-electron chi connectivity index (χ0n) is 12.5. The molecule has 1 heterocycles. The number of hydrogen-bond acceptors (Lipinski definition) is 6. The molecule has 0 saturated carbocycles. The minimum absolute atomic E-state index is 0.0247. The number of hydrogen-bond donors (Lipinski definition) is 2. The highest BCUT2D eigenvalue weighted by Crippen LogP contribution is 2.36. The van der Waals surface area contributed by atoms with Gasteiger partial charge in [-0.05, 0) is 24.6 Å². The number of aromatic hydroxyl groups is 1. The van der Waals surface area contributed by atoms with E-state index in [-0.39, 0.29) is 36.4 Å². The molecule has 23 heavy (non-hydrogen) atoms. The molecule has 1 aromatic carbocycles. The summed E-state index contributed by atoms with van der Waals surface area (Å²) in [4.78, 5) is 23.4. The fourth-order valence-electron chi connectivity index (χ4n) is 2.26. The summed E-state index contributed by atoms with van der Waals surface area (Å²) in [7, 11) is 0. The molecule has 120 valence electrons. The van der Waals surface area contributed by atoms with E-state index in [9.17, 15) is 20.0 Å². The molecule has 1 aliphatic heterocycles. The number of carbonyl (C=O) groups is 2. The molecule has 1 aromatic rings. The molecule has 1 amide bonds. The van der Waals surface area contributed by atoms with Crippen LogP contribution in [-0.4, -0.2) is 29.3 Å². The van der Waals surface area contributed by atoms with Gasteiger partial charge in [-0.2, -0.15) is 5.26 Å². The molecule has 2 rings (SSSR count). The first-order chi connectivity index (χ1) is 11.0. The Morgan fingerprint density at radius 1 is 1.48 bits per heavy atom. The first kappa shape index (κ1) is 16.9. The van der Waals surface area contributed by atoms with Crippen molar-refractivity contribution in [3.05, 3.63) is 40.4 Å². The van der Waals surface area contributed by atoms with E-state index in [1.165, 1.54) is 12.1 Å². The van der Waals surface area contributed by atoms with Gasteiger partial charge in [0.25, 0.3) is 0 Å². The van der Waals surface area contributed by atoms with Gasteiger partial charge < -0.3 is 15.2 Å². The average molecular weight is 332 g/mol. The third-order valence-electron chi connectivity index (χ3n) is 3.29. The van der Waals surface area contributed by atoms with Crippen LogP contribution >= 0.6 is 11.8 Å². The van der Waals surface area contributed by atoms with Crippen molar-refractivity contribution in [2.24, 2.45) is 0 Å². The van der Waals surface area contributed by atoms with Gasteiger partial charge in [-0.15, -0.1) is 0 Å². The minimum Gasteiger partial charge on any atom is -0.508 e. The maximum atomic E-state index is 11.9. The van der Waals surface area contributed by atoms with Gasteiger partial charge in [0.2, 0.25) is 5.91 Å². The molecule has 1 aliphatic rings. The Kier molecular flexibility index (Phi) is 5.66. The Balaban J connectivity index is 2.26. The third kappa shape index (κ3) is 4.27. The highest BCUT2D eigenvalue weighted by Gasteiger charge is 2.29. The number of carbonyl (C=O) groups excluding carboxylic acids is 2. The van der Waals surface area contributed by atoms with Crippen LogP contribution in [0.2, 0.25) is 0 Å². The zero-order chi connectivity index (χ0) is 16.8. The van der Waals surface area contributed by atoms with Crippen LogP contribution in [-0.2, 0) is 14.3 Å². The predicted octanol–water partition coefficient (Wildman–Crippen LogP) is 2.03. The van der Waals surface area contributed by atoms with E-state index in [4.69, 9.17) is 4.74 Å². The van der Waals surface area contributed by atoms with Crippen molar-refractivity contribution in [3.63, 3.8) is 0 Å². The number of benzene rings is 1.